The fraction of sp³-hybridized carbons (Fsp3) is 0.394. The molecule has 3 aromatic carbocycles. The molecule has 0 aromatic heterocycles. The molecular weight excluding hydrogens is 609 g/mol. The van der Waals surface area contributed by atoms with Crippen LogP contribution < -0.4 is 10.1 Å². The Balaban J connectivity index is 1.32. The van der Waals surface area contributed by atoms with E-state index in [0.717, 1.165) is 21.8 Å². The Morgan fingerprint density at radius 3 is 2.38 bits per heavy atom. The van der Waals surface area contributed by atoms with E-state index in [1.54, 1.807) is 43.1 Å². The normalized spacial score (nSPS) is 23.5. The molecule has 2 aliphatic rings. The topological polar surface area (TPSA) is 97.3 Å². The molecule has 2 fully saturated rings. The number of para-hydroxylation sites is 1. The van der Waals surface area contributed by atoms with Crippen LogP contribution in [0.4, 0.5) is 18.9 Å². The molecule has 0 bridgehead atoms. The van der Waals surface area contributed by atoms with E-state index in [9.17, 15) is 27.9 Å². The molecule has 5 atom stereocenters. The maximum absolute atomic E-state index is 13.0. The summed E-state index contributed by atoms with van der Waals surface area (Å²) in [5.74, 6) is -1.31. The Morgan fingerprint density at radius 2 is 1.71 bits per heavy atom. The Hall–Kier alpha value is -3.58. The number of rotatable bonds is 9. The number of halogens is 3. The smallest absolute Gasteiger partial charge is 0.471 e. The molecule has 5 rings (SSSR count). The number of amides is 2. The van der Waals surface area contributed by atoms with Crippen molar-refractivity contribution in [3.8, 4) is 5.75 Å². The number of aliphatic hydroxyl groups excluding tert-OH is 1. The number of carbonyl (C=O) groups is 2. The van der Waals surface area contributed by atoms with Crippen LogP contribution in [0.15, 0.2) is 77.7 Å². The molecule has 0 saturated carbocycles. The third-order valence-corrected chi connectivity index (χ3v) is 9.25. The number of ether oxygens (including phenoxy) is 3. The summed E-state index contributed by atoms with van der Waals surface area (Å²) >= 11 is 1.62. The van der Waals surface area contributed by atoms with Crippen LogP contribution >= 0.6 is 11.8 Å². The van der Waals surface area contributed by atoms with E-state index in [1.807, 2.05) is 48.5 Å². The van der Waals surface area contributed by atoms with Crippen LogP contribution in [0.3, 0.4) is 0 Å². The zero-order valence-corrected chi connectivity index (χ0v) is 25.6. The van der Waals surface area contributed by atoms with Gasteiger partial charge in [0.25, 0.3) is 0 Å². The van der Waals surface area contributed by atoms with Crippen LogP contribution in [0.5, 0.6) is 5.75 Å². The molecule has 8 nitrogen and oxygen atoms in total. The molecule has 12 heteroatoms. The van der Waals surface area contributed by atoms with E-state index >= 15 is 0 Å². The Bertz CT molecular complexity index is 1470. The number of alkyl halides is 3. The summed E-state index contributed by atoms with van der Waals surface area (Å²) in [4.78, 5) is 26.2. The molecule has 2 saturated heterocycles. The maximum Gasteiger partial charge on any atom is 0.471 e. The molecule has 0 spiro atoms. The lowest BCUT2D eigenvalue weighted by Crippen LogP contribution is -2.48. The molecule has 5 unspecified atom stereocenters. The molecule has 2 aliphatic heterocycles. The molecule has 240 valence electrons. The SMILES string of the molecule is COc1ccccc1SCC1OC(c2ccc(NC(=O)C3CCCN3C(=O)C(F)(F)F)cc2)OC(c2ccc(CO)cc2)C1C. The van der Waals surface area contributed by atoms with Gasteiger partial charge in [-0.15, -0.1) is 11.8 Å². The van der Waals surface area contributed by atoms with Gasteiger partial charge in [-0.2, -0.15) is 13.2 Å². The highest BCUT2D eigenvalue weighted by Crippen LogP contribution is 2.44. The van der Waals surface area contributed by atoms with Gasteiger partial charge in [-0.3, -0.25) is 9.59 Å². The van der Waals surface area contributed by atoms with Crippen LogP contribution in [0.2, 0.25) is 0 Å². The van der Waals surface area contributed by atoms with Gasteiger partial charge in [0.05, 0.1) is 25.9 Å². The summed E-state index contributed by atoms with van der Waals surface area (Å²) in [5.41, 5.74) is 2.80. The molecule has 2 amide bonds. The van der Waals surface area contributed by atoms with Crippen molar-refractivity contribution in [1.29, 1.82) is 0 Å². The number of benzene rings is 3. The molecule has 3 aromatic rings. The highest BCUT2D eigenvalue weighted by atomic mass is 32.2. The monoisotopic (exact) mass is 644 g/mol. The summed E-state index contributed by atoms with van der Waals surface area (Å²) in [6.07, 6.45) is -5.86. The molecule has 2 heterocycles. The van der Waals surface area contributed by atoms with Gasteiger partial charge >= 0.3 is 12.1 Å². The zero-order chi connectivity index (χ0) is 32.1. The number of aliphatic hydroxyl groups is 1. The molecular formula is C33H35F3N2O6S. The van der Waals surface area contributed by atoms with Crippen molar-refractivity contribution < 1.29 is 42.1 Å². The number of thioether (sulfide) groups is 1. The first kappa shape index (κ1) is 32.8. The predicted molar refractivity (Wildman–Crippen MR) is 163 cm³/mol. The van der Waals surface area contributed by atoms with Gasteiger partial charge in [-0.05, 0) is 48.2 Å². The van der Waals surface area contributed by atoms with Crippen LogP contribution in [0.1, 0.15) is 48.8 Å². The van der Waals surface area contributed by atoms with Crippen molar-refractivity contribution >= 4 is 29.3 Å². The average molecular weight is 645 g/mol. The largest absolute Gasteiger partial charge is 0.496 e. The predicted octanol–water partition coefficient (Wildman–Crippen LogP) is 6.26. The first-order valence-electron chi connectivity index (χ1n) is 14.6. The summed E-state index contributed by atoms with van der Waals surface area (Å²) in [7, 11) is 1.63. The van der Waals surface area contributed by atoms with Gasteiger partial charge in [-0.1, -0.05) is 55.5 Å². The lowest BCUT2D eigenvalue weighted by molar-refractivity contribution is -0.268. The first-order chi connectivity index (χ1) is 21.6. The Morgan fingerprint density at radius 1 is 1.02 bits per heavy atom. The van der Waals surface area contributed by atoms with Crippen molar-refractivity contribution in [2.45, 2.75) is 62.0 Å². The van der Waals surface area contributed by atoms with Crippen LogP contribution in [-0.4, -0.2) is 59.6 Å². The number of anilines is 1. The van der Waals surface area contributed by atoms with Crippen molar-refractivity contribution in [1.82, 2.24) is 4.90 Å². The number of carbonyl (C=O) groups excluding carboxylic acids is 2. The fourth-order valence-corrected chi connectivity index (χ4v) is 6.81. The molecule has 2 N–H and O–H groups in total. The van der Waals surface area contributed by atoms with Crippen molar-refractivity contribution in [2.75, 3.05) is 24.7 Å². The Labute approximate surface area is 263 Å². The third kappa shape index (κ3) is 7.63. The number of nitrogens with zero attached hydrogens (tertiary/aromatic N) is 1. The van der Waals surface area contributed by atoms with Gasteiger partial charge in [0.2, 0.25) is 5.91 Å². The van der Waals surface area contributed by atoms with Crippen LogP contribution in [0, 0.1) is 5.92 Å². The van der Waals surface area contributed by atoms with Gasteiger partial charge in [0.1, 0.15) is 11.8 Å². The standard InChI is InChI=1S/C33H35F3N2O6S/c1-20-27(19-45-28-8-4-3-7-26(28)42-2)43-31(44-29(20)22-11-9-21(18-39)10-12-22)23-13-15-24(16-14-23)37-30(40)25-6-5-17-38(25)32(41)33(34,35)36/h3-4,7-16,20,25,27,29,31,39H,5-6,17-19H2,1-2H3,(H,37,40). The summed E-state index contributed by atoms with van der Waals surface area (Å²) < 4.78 is 57.5. The molecule has 45 heavy (non-hydrogen) atoms. The van der Waals surface area contributed by atoms with Crippen LogP contribution in [-0.2, 0) is 25.7 Å². The number of hydrogen-bond donors (Lipinski definition) is 2. The van der Waals surface area contributed by atoms with Gasteiger partial charge in [-0.25, -0.2) is 0 Å². The Kier molecular flexibility index (Phi) is 10.4. The number of hydrogen-bond acceptors (Lipinski definition) is 7. The number of methoxy groups -OCH3 is 1. The van der Waals surface area contributed by atoms with E-state index in [2.05, 4.69) is 12.2 Å². The minimum atomic E-state index is -5.04. The van der Waals surface area contributed by atoms with E-state index in [0.29, 0.717) is 28.3 Å². The number of likely N-dealkylation sites (tertiary alicyclic amines) is 1. The third-order valence-electron chi connectivity index (χ3n) is 8.10. The molecule has 0 radical (unpaired) electrons. The maximum atomic E-state index is 13.0. The van der Waals surface area contributed by atoms with Gasteiger partial charge in [0.15, 0.2) is 6.29 Å². The van der Waals surface area contributed by atoms with E-state index in [1.165, 1.54) is 0 Å². The minimum absolute atomic E-state index is 0.0317. The van der Waals surface area contributed by atoms with E-state index < -0.39 is 30.3 Å². The van der Waals surface area contributed by atoms with Crippen molar-refractivity contribution in [3.05, 3.63) is 89.5 Å². The van der Waals surface area contributed by atoms with Crippen molar-refractivity contribution in [2.24, 2.45) is 5.92 Å². The molecule has 0 aliphatic carbocycles. The minimum Gasteiger partial charge on any atom is -0.496 e. The summed E-state index contributed by atoms with van der Waals surface area (Å²) in [6.45, 7) is 1.89. The highest BCUT2D eigenvalue weighted by Gasteiger charge is 2.47. The average Bonchev–Trinajstić information content (AvgIpc) is 3.54. The quantitative estimate of drug-likeness (QED) is 0.266. The number of nitrogens with one attached hydrogen (secondary N) is 1. The van der Waals surface area contributed by atoms with E-state index in [4.69, 9.17) is 14.2 Å². The van der Waals surface area contributed by atoms with Crippen LogP contribution in [0.25, 0.3) is 0 Å². The summed E-state index contributed by atoms with van der Waals surface area (Å²) in [5, 5.41) is 12.1. The van der Waals surface area contributed by atoms with Gasteiger partial charge in [0, 0.05) is 34.4 Å². The second-order valence-corrected chi connectivity index (χ2v) is 12.1. The zero-order valence-electron chi connectivity index (χ0n) is 24.8. The first-order valence-corrected chi connectivity index (χ1v) is 15.6. The highest BCUT2D eigenvalue weighted by molar-refractivity contribution is 7.99. The lowest BCUT2D eigenvalue weighted by Gasteiger charge is -2.41. The van der Waals surface area contributed by atoms with E-state index in [-0.39, 0.29) is 37.7 Å². The second kappa shape index (κ2) is 14.2. The van der Waals surface area contributed by atoms with Crippen molar-refractivity contribution in [3.63, 3.8) is 0 Å². The second-order valence-electron chi connectivity index (χ2n) is 11.0. The van der Waals surface area contributed by atoms with Gasteiger partial charge < -0.3 is 29.5 Å². The fourth-order valence-electron chi connectivity index (χ4n) is 5.61. The lowest BCUT2D eigenvalue weighted by atomic mass is 9.91. The summed E-state index contributed by atoms with van der Waals surface area (Å²) in [6, 6.07) is 20.9.